The lowest BCUT2D eigenvalue weighted by molar-refractivity contribution is -0.111. The summed E-state index contributed by atoms with van der Waals surface area (Å²) in [6.07, 6.45) is 5.04. The topological polar surface area (TPSA) is 51.5 Å². The first kappa shape index (κ1) is 21.7. The number of hydrogen-bond donors (Lipinski definition) is 1. The lowest BCUT2D eigenvalue weighted by Crippen LogP contribution is -2.08. The molecule has 4 heteroatoms. The number of amides is 1. The molecule has 0 unspecified atom stereocenters. The Balaban J connectivity index is 1.86. The molecular formula is C26H31NO3. The monoisotopic (exact) mass is 405 g/mol. The SMILES string of the molecule is CCCCc1ccc(NC(=O)/C=C(\C)c2cc3c(C)c(C)oc3c(C)c2OC)cc1. The first-order valence-electron chi connectivity index (χ1n) is 10.5. The largest absolute Gasteiger partial charge is 0.496 e. The van der Waals surface area contributed by atoms with E-state index in [-0.39, 0.29) is 5.91 Å². The van der Waals surface area contributed by atoms with Crippen molar-refractivity contribution in [2.45, 2.75) is 53.9 Å². The molecule has 2 aromatic carbocycles. The second kappa shape index (κ2) is 9.21. The van der Waals surface area contributed by atoms with E-state index in [1.54, 1.807) is 13.2 Å². The molecule has 1 amide bonds. The van der Waals surface area contributed by atoms with Gasteiger partial charge in [0, 0.05) is 28.3 Å². The number of fused-ring (bicyclic) bond motifs is 1. The Morgan fingerprint density at radius 2 is 1.83 bits per heavy atom. The third kappa shape index (κ3) is 4.43. The van der Waals surface area contributed by atoms with E-state index in [4.69, 9.17) is 9.15 Å². The number of allylic oxidation sites excluding steroid dienone is 1. The van der Waals surface area contributed by atoms with Crippen LogP contribution < -0.4 is 10.1 Å². The van der Waals surface area contributed by atoms with Crippen molar-refractivity contribution < 1.29 is 13.9 Å². The quantitative estimate of drug-likeness (QED) is 0.442. The number of carbonyl (C=O) groups excluding carboxylic acids is 1. The Morgan fingerprint density at radius 3 is 2.47 bits per heavy atom. The maximum atomic E-state index is 12.6. The van der Waals surface area contributed by atoms with E-state index in [9.17, 15) is 4.79 Å². The third-order valence-electron chi connectivity index (χ3n) is 5.66. The molecule has 0 spiro atoms. The van der Waals surface area contributed by atoms with Crippen LogP contribution in [0.25, 0.3) is 16.5 Å². The minimum absolute atomic E-state index is 0.159. The van der Waals surface area contributed by atoms with Crippen LogP contribution in [0, 0.1) is 20.8 Å². The van der Waals surface area contributed by atoms with Crippen molar-refractivity contribution in [2.75, 3.05) is 12.4 Å². The number of rotatable bonds is 7. The average molecular weight is 406 g/mol. The lowest BCUT2D eigenvalue weighted by atomic mass is 9.98. The molecule has 0 bridgehead atoms. The van der Waals surface area contributed by atoms with Crippen molar-refractivity contribution in [3.8, 4) is 5.75 Å². The van der Waals surface area contributed by atoms with Crippen LogP contribution in [0.3, 0.4) is 0 Å². The van der Waals surface area contributed by atoms with Gasteiger partial charge in [-0.2, -0.15) is 0 Å². The molecule has 0 radical (unpaired) electrons. The molecule has 0 aliphatic heterocycles. The van der Waals surface area contributed by atoms with E-state index < -0.39 is 0 Å². The van der Waals surface area contributed by atoms with Crippen LogP contribution in [0.1, 0.15) is 54.7 Å². The number of carbonyl (C=O) groups is 1. The van der Waals surface area contributed by atoms with E-state index in [2.05, 4.69) is 30.4 Å². The van der Waals surface area contributed by atoms with Crippen molar-refractivity contribution in [1.82, 2.24) is 0 Å². The van der Waals surface area contributed by atoms with Crippen molar-refractivity contribution in [3.63, 3.8) is 0 Å². The van der Waals surface area contributed by atoms with Crippen LogP contribution in [-0.2, 0) is 11.2 Å². The van der Waals surface area contributed by atoms with Crippen molar-refractivity contribution >= 4 is 28.1 Å². The fourth-order valence-corrected chi connectivity index (χ4v) is 3.76. The molecule has 0 saturated carbocycles. The Labute approximate surface area is 178 Å². The zero-order chi connectivity index (χ0) is 21.8. The number of unbranched alkanes of at least 4 members (excludes halogenated alkanes) is 1. The number of methoxy groups -OCH3 is 1. The van der Waals surface area contributed by atoms with Crippen LogP contribution in [0.5, 0.6) is 5.75 Å². The summed E-state index contributed by atoms with van der Waals surface area (Å²) in [5, 5.41) is 4.01. The van der Waals surface area contributed by atoms with Gasteiger partial charge in [-0.3, -0.25) is 4.79 Å². The van der Waals surface area contributed by atoms with Gasteiger partial charge in [-0.1, -0.05) is 25.5 Å². The number of nitrogens with one attached hydrogen (secondary N) is 1. The molecule has 1 aromatic heterocycles. The number of benzene rings is 2. The predicted molar refractivity (Wildman–Crippen MR) is 124 cm³/mol. The van der Waals surface area contributed by atoms with Gasteiger partial charge in [0.15, 0.2) is 0 Å². The molecule has 0 fully saturated rings. The van der Waals surface area contributed by atoms with Crippen molar-refractivity contribution in [2.24, 2.45) is 0 Å². The van der Waals surface area contributed by atoms with Crippen molar-refractivity contribution in [1.29, 1.82) is 0 Å². The molecule has 4 nitrogen and oxygen atoms in total. The summed E-state index contributed by atoms with van der Waals surface area (Å²) in [7, 11) is 1.65. The number of hydrogen-bond acceptors (Lipinski definition) is 3. The summed E-state index contributed by atoms with van der Waals surface area (Å²) in [5.41, 5.74) is 6.72. The van der Waals surface area contributed by atoms with E-state index in [1.165, 1.54) is 18.4 Å². The van der Waals surface area contributed by atoms with E-state index in [0.717, 1.165) is 56.9 Å². The van der Waals surface area contributed by atoms with Crippen LogP contribution in [-0.4, -0.2) is 13.0 Å². The Kier molecular flexibility index (Phi) is 6.66. The van der Waals surface area contributed by atoms with Gasteiger partial charge in [-0.25, -0.2) is 0 Å². The van der Waals surface area contributed by atoms with Crippen LogP contribution in [0.4, 0.5) is 5.69 Å². The second-order valence-corrected chi connectivity index (χ2v) is 7.86. The highest BCUT2D eigenvalue weighted by atomic mass is 16.5. The average Bonchev–Trinajstić information content (AvgIpc) is 3.01. The van der Waals surface area contributed by atoms with Gasteiger partial charge in [-0.05, 0) is 75.4 Å². The zero-order valence-electron chi connectivity index (χ0n) is 18.8. The van der Waals surface area contributed by atoms with Crippen LogP contribution in [0.2, 0.25) is 0 Å². The first-order chi connectivity index (χ1) is 14.3. The molecule has 0 aliphatic rings. The molecular weight excluding hydrogens is 374 g/mol. The second-order valence-electron chi connectivity index (χ2n) is 7.86. The van der Waals surface area contributed by atoms with Crippen LogP contribution >= 0.6 is 0 Å². The fraction of sp³-hybridized carbons (Fsp3) is 0.346. The molecule has 1 heterocycles. The van der Waals surface area contributed by atoms with Gasteiger partial charge < -0.3 is 14.5 Å². The normalized spacial score (nSPS) is 11.7. The van der Waals surface area contributed by atoms with Crippen molar-refractivity contribution in [3.05, 3.63) is 64.4 Å². The number of aryl methyl sites for hydroxylation is 4. The molecule has 3 rings (SSSR count). The highest BCUT2D eigenvalue weighted by molar-refractivity contribution is 6.05. The summed E-state index contributed by atoms with van der Waals surface area (Å²) in [6.45, 7) is 10.1. The van der Waals surface area contributed by atoms with E-state index >= 15 is 0 Å². The molecule has 1 N–H and O–H groups in total. The summed E-state index contributed by atoms with van der Waals surface area (Å²) in [5.74, 6) is 1.47. The maximum absolute atomic E-state index is 12.6. The van der Waals surface area contributed by atoms with Gasteiger partial charge in [0.2, 0.25) is 5.91 Å². The maximum Gasteiger partial charge on any atom is 0.248 e. The summed E-state index contributed by atoms with van der Waals surface area (Å²) >= 11 is 0. The number of ether oxygens (including phenoxy) is 1. The number of anilines is 1. The van der Waals surface area contributed by atoms with Gasteiger partial charge in [0.05, 0.1) is 7.11 Å². The minimum atomic E-state index is -0.159. The molecule has 0 saturated heterocycles. The van der Waals surface area contributed by atoms with Gasteiger partial charge in [0.1, 0.15) is 17.1 Å². The molecule has 158 valence electrons. The molecule has 3 aromatic rings. The third-order valence-corrected chi connectivity index (χ3v) is 5.66. The van der Waals surface area contributed by atoms with Gasteiger partial charge >= 0.3 is 0 Å². The van der Waals surface area contributed by atoms with Crippen LogP contribution in [0.15, 0.2) is 40.8 Å². The highest BCUT2D eigenvalue weighted by Crippen LogP contribution is 2.38. The first-order valence-corrected chi connectivity index (χ1v) is 10.5. The van der Waals surface area contributed by atoms with Gasteiger partial charge in [-0.15, -0.1) is 0 Å². The van der Waals surface area contributed by atoms with E-state index in [1.807, 2.05) is 39.8 Å². The standard InChI is InChI=1S/C26H31NO3/c1-7-8-9-20-10-12-21(13-11-20)27-24(28)14-16(2)22-15-23-17(3)19(5)30-26(23)18(4)25(22)29-6/h10-15H,7-9H2,1-6H3,(H,27,28)/b16-14+. The zero-order valence-corrected chi connectivity index (χ0v) is 18.8. The molecule has 0 aliphatic carbocycles. The summed E-state index contributed by atoms with van der Waals surface area (Å²) < 4.78 is 11.6. The lowest BCUT2D eigenvalue weighted by Gasteiger charge is -2.13. The Hall–Kier alpha value is -3.01. The highest BCUT2D eigenvalue weighted by Gasteiger charge is 2.18. The van der Waals surface area contributed by atoms with Gasteiger partial charge in [0.25, 0.3) is 0 Å². The summed E-state index contributed by atoms with van der Waals surface area (Å²) in [6, 6.07) is 10.1. The minimum Gasteiger partial charge on any atom is -0.496 e. The summed E-state index contributed by atoms with van der Waals surface area (Å²) in [4.78, 5) is 12.6. The van der Waals surface area contributed by atoms with E-state index in [0.29, 0.717) is 0 Å². The Bertz CT molecular complexity index is 1090. The number of furan rings is 1. The fourth-order valence-electron chi connectivity index (χ4n) is 3.76. The molecule has 0 atom stereocenters. The molecule has 30 heavy (non-hydrogen) atoms. The smallest absolute Gasteiger partial charge is 0.248 e. The Morgan fingerprint density at radius 1 is 1.13 bits per heavy atom. The predicted octanol–water partition coefficient (Wildman–Crippen LogP) is 6.75.